The maximum Gasteiger partial charge on any atom is 0.195 e. The standard InChI is InChI=1S/C13H16FN5S/c1-19-12(9-2-5-15-6-3-9)17-18-13(19)20-11-4-7-16-8-10(11)14/h4,7-9,15H,2-3,5-6H2,1H3. The fourth-order valence-corrected chi connectivity index (χ4v) is 3.18. The average molecular weight is 293 g/mol. The molecule has 7 heteroatoms. The molecule has 0 amide bonds. The topological polar surface area (TPSA) is 55.6 Å². The molecule has 106 valence electrons. The van der Waals surface area contributed by atoms with Gasteiger partial charge in [0.25, 0.3) is 0 Å². The number of aromatic nitrogens is 4. The minimum Gasteiger partial charge on any atom is -0.317 e. The minimum atomic E-state index is -0.330. The summed E-state index contributed by atoms with van der Waals surface area (Å²) in [6.07, 6.45) is 4.93. The van der Waals surface area contributed by atoms with Crippen molar-refractivity contribution >= 4 is 11.8 Å². The summed E-state index contributed by atoms with van der Waals surface area (Å²) in [5.74, 6) is 1.10. The number of hydrogen-bond acceptors (Lipinski definition) is 5. The number of halogens is 1. The molecule has 0 aromatic carbocycles. The van der Waals surface area contributed by atoms with Crippen LogP contribution >= 0.6 is 11.8 Å². The summed E-state index contributed by atoms with van der Waals surface area (Å²) < 4.78 is 15.6. The normalized spacial score (nSPS) is 16.5. The Labute approximate surface area is 121 Å². The van der Waals surface area contributed by atoms with E-state index < -0.39 is 0 Å². The van der Waals surface area contributed by atoms with Crippen molar-refractivity contribution < 1.29 is 4.39 Å². The summed E-state index contributed by atoms with van der Waals surface area (Å²) >= 11 is 1.28. The van der Waals surface area contributed by atoms with Gasteiger partial charge in [-0.15, -0.1) is 10.2 Å². The molecule has 0 aliphatic carbocycles. The fraction of sp³-hybridized carbons (Fsp3) is 0.462. The van der Waals surface area contributed by atoms with Crippen LogP contribution in [0.2, 0.25) is 0 Å². The maximum absolute atomic E-state index is 13.6. The smallest absolute Gasteiger partial charge is 0.195 e. The summed E-state index contributed by atoms with van der Waals surface area (Å²) in [5.41, 5.74) is 0. The number of nitrogens with one attached hydrogen (secondary N) is 1. The van der Waals surface area contributed by atoms with Crippen molar-refractivity contribution in [3.63, 3.8) is 0 Å². The first-order valence-corrected chi connectivity index (χ1v) is 7.44. The van der Waals surface area contributed by atoms with Crippen LogP contribution in [0.3, 0.4) is 0 Å². The molecule has 2 aromatic heterocycles. The quantitative estimate of drug-likeness (QED) is 0.937. The van der Waals surface area contributed by atoms with Crippen molar-refractivity contribution in [1.82, 2.24) is 25.1 Å². The van der Waals surface area contributed by atoms with Crippen molar-refractivity contribution in [1.29, 1.82) is 0 Å². The van der Waals surface area contributed by atoms with Crippen LogP contribution in [0.5, 0.6) is 0 Å². The van der Waals surface area contributed by atoms with Gasteiger partial charge in [0.2, 0.25) is 0 Å². The molecule has 1 fully saturated rings. The molecule has 2 aromatic rings. The second kappa shape index (κ2) is 5.88. The van der Waals surface area contributed by atoms with E-state index in [0.29, 0.717) is 16.0 Å². The van der Waals surface area contributed by atoms with Crippen LogP contribution in [-0.4, -0.2) is 32.8 Å². The molecule has 1 saturated heterocycles. The molecule has 0 unspecified atom stereocenters. The lowest BCUT2D eigenvalue weighted by Gasteiger charge is -2.21. The van der Waals surface area contributed by atoms with Crippen molar-refractivity contribution in [3.8, 4) is 0 Å². The Morgan fingerprint density at radius 2 is 2.15 bits per heavy atom. The SMILES string of the molecule is Cn1c(Sc2ccncc2F)nnc1C1CCNCC1. The monoisotopic (exact) mass is 293 g/mol. The molecule has 0 atom stereocenters. The molecule has 5 nitrogen and oxygen atoms in total. The summed E-state index contributed by atoms with van der Waals surface area (Å²) in [6, 6.07) is 1.65. The van der Waals surface area contributed by atoms with Gasteiger partial charge in [0.15, 0.2) is 11.0 Å². The largest absolute Gasteiger partial charge is 0.317 e. The van der Waals surface area contributed by atoms with E-state index in [-0.39, 0.29) is 5.82 Å². The molecular formula is C13H16FN5S. The van der Waals surface area contributed by atoms with Gasteiger partial charge in [-0.2, -0.15) is 0 Å². The Balaban J connectivity index is 1.81. The van der Waals surface area contributed by atoms with E-state index in [2.05, 4.69) is 20.5 Å². The van der Waals surface area contributed by atoms with Crippen LogP contribution < -0.4 is 5.32 Å². The molecule has 3 heterocycles. The first-order valence-electron chi connectivity index (χ1n) is 6.63. The fourth-order valence-electron chi connectivity index (χ4n) is 2.39. The maximum atomic E-state index is 13.6. The molecular weight excluding hydrogens is 277 g/mol. The molecule has 0 saturated carbocycles. The Morgan fingerprint density at radius 3 is 2.90 bits per heavy atom. The van der Waals surface area contributed by atoms with Crippen molar-refractivity contribution in [2.45, 2.75) is 28.8 Å². The Hall–Kier alpha value is -1.47. The lowest BCUT2D eigenvalue weighted by Crippen LogP contribution is -2.27. The predicted octanol–water partition coefficient (Wildman–Crippen LogP) is 1.97. The molecule has 3 rings (SSSR count). The zero-order valence-electron chi connectivity index (χ0n) is 11.2. The Morgan fingerprint density at radius 1 is 1.35 bits per heavy atom. The molecule has 1 N–H and O–H groups in total. The number of nitrogens with zero attached hydrogens (tertiary/aromatic N) is 4. The number of rotatable bonds is 3. The minimum absolute atomic E-state index is 0.330. The molecule has 0 radical (unpaired) electrons. The van der Waals surface area contributed by atoms with E-state index in [4.69, 9.17) is 0 Å². The van der Waals surface area contributed by atoms with Gasteiger partial charge in [0.1, 0.15) is 5.82 Å². The zero-order valence-corrected chi connectivity index (χ0v) is 12.0. The highest BCUT2D eigenvalue weighted by atomic mass is 32.2. The van der Waals surface area contributed by atoms with Crippen molar-refractivity contribution in [3.05, 3.63) is 30.1 Å². The number of piperidine rings is 1. The Kier molecular flexibility index (Phi) is 3.98. The van der Waals surface area contributed by atoms with Gasteiger partial charge in [0, 0.05) is 19.2 Å². The second-order valence-corrected chi connectivity index (χ2v) is 5.84. The highest BCUT2D eigenvalue weighted by Crippen LogP contribution is 2.30. The van der Waals surface area contributed by atoms with Gasteiger partial charge in [0.05, 0.1) is 11.1 Å². The van der Waals surface area contributed by atoms with E-state index >= 15 is 0 Å². The van der Waals surface area contributed by atoms with Gasteiger partial charge in [-0.3, -0.25) is 4.98 Å². The zero-order chi connectivity index (χ0) is 13.9. The van der Waals surface area contributed by atoms with Crippen LogP contribution in [0.4, 0.5) is 4.39 Å². The van der Waals surface area contributed by atoms with Crippen LogP contribution in [0.15, 0.2) is 28.5 Å². The number of hydrogen-bond donors (Lipinski definition) is 1. The lowest BCUT2D eigenvalue weighted by molar-refractivity contribution is 0.434. The predicted molar refractivity (Wildman–Crippen MR) is 74.2 cm³/mol. The van der Waals surface area contributed by atoms with Gasteiger partial charge in [-0.05, 0) is 43.8 Å². The summed E-state index contributed by atoms with van der Waals surface area (Å²) in [4.78, 5) is 4.27. The van der Waals surface area contributed by atoms with E-state index in [1.165, 1.54) is 18.0 Å². The third-order valence-corrected chi connectivity index (χ3v) is 4.60. The Bertz CT molecular complexity index is 594. The van der Waals surface area contributed by atoms with Crippen LogP contribution in [0, 0.1) is 5.82 Å². The average Bonchev–Trinajstić information content (AvgIpc) is 2.84. The van der Waals surface area contributed by atoms with E-state index in [9.17, 15) is 4.39 Å². The van der Waals surface area contributed by atoms with Crippen LogP contribution in [0.1, 0.15) is 24.6 Å². The van der Waals surface area contributed by atoms with E-state index in [1.54, 1.807) is 12.3 Å². The van der Waals surface area contributed by atoms with Gasteiger partial charge < -0.3 is 9.88 Å². The molecule has 0 spiro atoms. The van der Waals surface area contributed by atoms with Crippen molar-refractivity contribution in [2.75, 3.05) is 13.1 Å². The number of pyridine rings is 1. The van der Waals surface area contributed by atoms with E-state index in [0.717, 1.165) is 31.8 Å². The third-order valence-electron chi connectivity index (χ3n) is 3.51. The molecule has 0 bridgehead atoms. The first-order chi connectivity index (χ1) is 9.75. The van der Waals surface area contributed by atoms with Crippen LogP contribution in [-0.2, 0) is 7.05 Å². The van der Waals surface area contributed by atoms with Gasteiger partial charge >= 0.3 is 0 Å². The summed E-state index contributed by atoms with van der Waals surface area (Å²) in [5, 5.41) is 12.5. The summed E-state index contributed by atoms with van der Waals surface area (Å²) in [7, 11) is 1.94. The second-order valence-electron chi connectivity index (χ2n) is 4.83. The molecule has 1 aliphatic heterocycles. The van der Waals surface area contributed by atoms with Gasteiger partial charge in [-0.1, -0.05) is 0 Å². The first kappa shape index (κ1) is 13.5. The van der Waals surface area contributed by atoms with E-state index in [1.807, 2.05) is 11.6 Å². The van der Waals surface area contributed by atoms with Crippen molar-refractivity contribution in [2.24, 2.45) is 7.05 Å². The van der Waals surface area contributed by atoms with Crippen LogP contribution in [0.25, 0.3) is 0 Å². The van der Waals surface area contributed by atoms with Gasteiger partial charge in [-0.25, -0.2) is 4.39 Å². The lowest BCUT2D eigenvalue weighted by atomic mass is 9.97. The third kappa shape index (κ3) is 2.69. The highest BCUT2D eigenvalue weighted by Gasteiger charge is 2.22. The molecule has 1 aliphatic rings. The summed E-state index contributed by atoms with van der Waals surface area (Å²) in [6.45, 7) is 2.03. The molecule has 20 heavy (non-hydrogen) atoms. The highest BCUT2D eigenvalue weighted by molar-refractivity contribution is 7.99.